The molecule has 0 aliphatic carbocycles. The van der Waals surface area contributed by atoms with Crippen molar-refractivity contribution in [1.82, 2.24) is 4.90 Å². The molecule has 1 heteroatoms. The van der Waals surface area contributed by atoms with Gasteiger partial charge in [0.2, 0.25) is 0 Å². The maximum atomic E-state index is 2.61. The lowest BCUT2D eigenvalue weighted by molar-refractivity contribution is 0.200. The predicted molar refractivity (Wildman–Crippen MR) is 84.9 cm³/mol. The van der Waals surface area contributed by atoms with Crippen LogP contribution in [0, 0.1) is 6.92 Å². The highest BCUT2D eigenvalue weighted by Crippen LogP contribution is 2.27. The third kappa shape index (κ3) is 3.29. The summed E-state index contributed by atoms with van der Waals surface area (Å²) >= 11 is 0. The largest absolute Gasteiger partial charge is 0.298 e. The minimum absolute atomic E-state index is 0.703. The van der Waals surface area contributed by atoms with Crippen molar-refractivity contribution in [2.45, 2.75) is 32.2 Å². The minimum atomic E-state index is 0.703. The number of benzene rings is 2. The topological polar surface area (TPSA) is 3.24 Å². The molecule has 1 aliphatic rings. The van der Waals surface area contributed by atoms with Crippen LogP contribution in [0.4, 0.5) is 0 Å². The molecule has 1 atom stereocenters. The normalized spacial score (nSPS) is 19.9. The summed E-state index contributed by atoms with van der Waals surface area (Å²) in [4.78, 5) is 2.61. The Bertz CT molecular complexity index is 547. The van der Waals surface area contributed by atoms with Crippen LogP contribution in [0.1, 0.15) is 35.4 Å². The molecule has 104 valence electrons. The van der Waals surface area contributed by atoms with E-state index in [1.54, 1.807) is 0 Å². The van der Waals surface area contributed by atoms with Crippen LogP contribution in [0.5, 0.6) is 0 Å². The van der Waals surface area contributed by atoms with Gasteiger partial charge >= 0.3 is 0 Å². The second kappa shape index (κ2) is 6.23. The first-order chi connectivity index (χ1) is 9.81. The van der Waals surface area contributed by atoms with Crippen molar-refractivity contribution in [3.8, 4) is 0 Å². The Labute approximate surface area is 122 Å². The highest BCUT2D eigenvalue weighted by molar-refractivity contribution is 5.23. The first-order valence-corrected chi connectivity index (χ1v) is 7.64. The van der Waals surface area contributed by atoms with Crippen LogP contribution in [-0.4, -0.2) is 18.0 Å². The van der Waals surface area contributed by atoms with Crippen LogP contribution >= 0.6 is 0 Å². The predicted octanol–water partition coefficient (Wildman–Crippen LogP) is 4.37. The monoisotopic (exact) mass is 265 g/mol. The van der Waals surface area contributed by atoms with Crippen molar-refractivity contribution >= 4 is 0 Å². The second-order valence-electron chi connectivity index (χ2n) is 5.97. The van der Waals surface area contributed by atoms with Gasteiger partial charge in [0.05, 0.1) is 0 Å². The van der Waals surface area contributed by atoms with E-state index in [1.165, 1.54) is 42.6 Å². The number of hydrogen-bond acceptors (Lipinski definition) is 1. The average Bonchev–Trinajstić information content (AvgIpc) is 2.48. The summed E-state index contributed by atoms with van der Waals surface area (Å²) < 4.78 is 0. The van der Waals surface area contributed by atoms with Crippen LogP contribution < -0.4 is 0 Å². The fraction of sp³-hybridized carbons (Fsp3) is 0.368. The highest BCUT2D eigenvalue weighted by Gasteiger charge is 2.21. The van der Waals surface area contributed by atoms with E-state index in [9.17, 15) is 0 Å². The molecular formula is C19H23N. The number of rotatable bonds is 3. The maximum absolute atomic E-state index is 2.61. The summed E-state index contributed by atoms with van der Waals surface area (Å²) in [6, 6.07) is 19.9. The molecule has 2 aromatic carbocycles. The van der Waals surface area contributed by atoms with Crippen molar-refractivity contribution in [2.75, 3.05) is 13.1 Å². The van der Waals surface area contributed by atoms with E-state index in [4.69, 9.17) is 0 Å². The van der Waals surface area contributed by atoms with Crippen molar-refractivity contribution in [2.24, 2.45) is 0 Å². The fourth-order valence-electron chi connectivity index (χ4n) is 3.27. The lowest BCUT2D eigenvalue weighted by Crippen LogP contribution is -2.33. The molecule has 0 saturated carbocycles. The molecule has 1 unspecified atom stereocenters. The Kier molecular flexibility index (Phi) is 4.17. The molecule has 1 nitrogen and oxygen atoms in total. The third-order valence-corrected chi connectivity index (χ3v) is 4.27. The zero-order valence-electron chi connectivity index (χ0n) is 12.3. The summed E-state index contributed by atoms with van der Waals surface area (Å²) in [7, 11) is 0. The van der Waals surface area contributed by atoms with Gasteiger partial charge in [0.25, 0.3) is 0 Å². The first-order valence-electron chi connectivity index (χ1n) is 7.64. The van der Waals surface area contributed by atoms with Gasteiger partial charge in [0, 0.05) is 13.1 Å². The number of nitrogens with zero attached hydrogens (tertiary/aromatic N) is 1. The smallest absolute Gasteiger partial charge is 0.0234 e. The molecule has 0 spiro atoms. The average molecular weight is 265 g/mol. The number of likely N-dealkylation sites (tertiary alicyclic amines) is 1. The number of aryl methyl sites for hydroxylation is 1. The lowest BCUT2D eigenvalue weighted by Gasteiger charge is -2.33. The Balaban J connectivity index is 1.66. The molecule has 3 rings (SSSR count). The molecule has 1 aliphatic heterocycles. The molecule has 1 saturated heterocycles. The second-order valence-corrected chi connectivity index (χ2v) is 5.97. The van der Waals surface area contributed by atoms with Gasteiger partial charge in [-0.1, -0.05) is 60.2 Å². The van der Waals surface area contributed by atoms with Crippen molar-refractivity contribution in [3.05, 3.63) is 71.3 Å². The van der Waals surface area contributed by atoms with Gasteiger partial charge in [-0.3, -0.25) is 4.90 Å². The molecule has 0 amide bonds. The zero-order valence-corrected chi connectivity index (χ0v) is 12.3. The van der Waals surface area contributed by atoms with E-state index in [1.807, 2.05) is 0 Å². The van der Waals surface area contributed by atoms with Gasteiger partial charge in [-0.2, -0.15) is 0 Å². The van der Waals surface area contributed by atoms with Crippen LogP contribution in [0.3, 0.4) is 0 Å². The number of piperidine rings is 1. The molecule has 0 N–H and O–H groups in total. The molecule has 0 aromatic heterocycles. The summed E-state index contributed by atoms with van der Waals surface area (Å²) in [5.74, 6) is 0.703. The van der Waals surface area contributed by atoms with Gasteiger partial charge < -0.3 is 0 Å². The SMILES string of the molecule is Cc1cccc(CN2CCCC(c3ccccc3)C2)c1. The molecular weight excluding hydrogens is 242 g/mol. The molecule has 0 bridgehead atoms. The van der Waals surface area contributed by atoms with E-state index in [-0.39, 0.29) is 0 Å². The van der Waals surface area contributed by atoms with Crippen LogP contribution in [-0.2, 0) is 6.54 Å². The highest BCUT2D eigenvalue weighted by atomic mass is 15.1. The van der Waals surface area contributed by atoms with Crippen LogP contribution in [0.25, 0.3) is 0 Å². The van der Waals surface area contributed by atoms with Gasteiger partial charge in [0.15, 0.2) is 0 Å². The quantitative estimate of drug-likeness (QED) is 0.796. The molecule has 1 fully saturated rings. The Morgan fingerprint density at radius 3 is 2.70 bits per heavy atom. The third-order valence-electron chi connectivity index (χ3n) is 4.27. The standard InChI is InChI=1S/C19H23N/c1-16-7-5-8-17(13-16)14-20-12-6-11-19(15-20)18-9-3-2-4-10-18/h2-5,7-10,13,19H,6,11-12,14-15H2,1H3. The van der Waals surface area contributed by atoms with Gasteiger partial charge in [0.1, 0.15) is 0 Å². The van der Waals surface area contributed by atoms with Gasteiger partial charge in [-0.25, -0.2) is 0 Å². The molecule has 1 heterocycles. The van der Waals surface area contributed by atoms with Crippen molar-refractivity contribution in [3.63, 3.8) is 0 Å². The van der Waals surface area contributed by atoms with E-state index >= 15 is 0 Å². The molecule has 0 radical (unpaired) electrons. The van der Waals surface area contributed by atoms with E-state index < -0.39 is 0 Å². The van der Waals surface area contributed by atoms with E-state index in [2.05, 4.69) is 66.4 Å². The van der Waals surface area contributed by atoms with Gasteiger partial charge in [-0.15, -0.1) is 0 Å². The first kappa shape index (κ1) is 13.4. The van der Waals surface area contributed by atoms with E-state index in [0.29, 0.717) is 5.92 Å². The van der Waals surface area contributed by atoms with Crippen molar-refractivity contribution in [1.29, 1.82) is 0 Å². The Morgan fingerprint density at radius 2 is 1.90 bits per heavy atom. The molecule has 2 aromatic rings. The summed E-state index contributed by atoms with van der Waals surface area (Å²) in [6.07, 6.45) is 2.64. The van der Waals surface area contributed by atoms with Crippen molar-refractivity contribution < 1.29 is 0 Å². The Hall–Kier alpha value is -1.60. The maximum Gasteiger partial charge on any atom is 0.0234 e. The molecule has 20 heavy (non-hydrogen) atoms. The Morgan fingerprint density at radius 1 is 1.05 bits per heavy atom. The lowest BCUT2D eigenvalue weighted by atomic mass is 9.90. The number of hydrogen-bond donors (Lipinski definition) is 0. The summed E-state index contributed by atoms with van der Waals surface area (Å²) in [6.45, 7) is 5.69. The fourth-order valence-corrected chi connectivity index (χ4v) is 3.27. The van der Waals surface area contributed by atoms with Crippen LogP contribution in [0.2, 0.25) is 0 Å². The van der Waals surface area contributed by atoms with Crippen LogP contribution in [0.15, 0.2) is 54.6 Å². The zero-order chi connectivity index (χ0) is 13.8. The van der Waals surface area contributed by atoms with E-state index in [0.717, 1.165) is 6.54 Å². The van der Waals surface area contributed by atoms with Gasteiger partial charge in [-0.05, 0) is 43.4 Å². The summed E-state index contributed by atoms with van der Waals surface area (Å²) in [5, 5.41) is 0. The minimum Gasteiger partial charge on any atom is -0.298 e. The summed E-state index contributed by atoms with van der Waals surface area (Å²) in [5.41, 5.74) is 4.30.